The lowest BCUT2D eigenvalue weighted by Crippen LogP contribution is -2.15. The summed E-state index contributed by atoms with van der Waals surface area (Å²) in [6, 6.07) is 9.00. The van der Waals surface area contributed by atoms with E-state index in [1.165, 1.54) is 0 Å². The van der Waals surface area contributed by atoms with Crippen LogP contribution in [0, 0.1) is 0 Å². The van der Waals surface area contributed by atoms with Crippen LogP contribution in [0.1, 0.15) is 0 Å². The summed E-state index contributed by atoms with van der Waals surface area (Å²) in [5.74, 6) is -0.392. The molecule has 0 aliphatic carbocycles. The van der Waals surface area contributed by atoms with E-state index in [0.717, 1.165) is 26.4 Å². The molecule has 2 fully saturated rings. The second-order valence-electron chi connectivity index (χ2n) is 4.52. The maximum Gasteiger partial charge on any atom is 0.250 e. The van der Waals surface area contributed by atoms with E-state index in [0.29, 0.717) is 17.9 Å². The number of aliphatic hydroxyl groups is 1. The van der Waals surface area contributed by atoms with Crippen LogP contribution in [-0.4, -0.2) is 56.3 Å². The Morgan fingerprint density at radius 1 is 1.20 bits per heavy atom. The van der Waals surface area contributed by atoms with Crippen molar-refractivity contribution < 1.29 is 24.1 Å². The third kappa shape index (κ3) is 6.63. The van der Waals surface area contributed by atoms with Crippen molar-refractivity contribution in [1.29, 1.82) is 0 Å². The molecule has 2 unspecified atom stereocenters. The summed E-state index contributed by atoms with van der Waals surface area (Å²) in [6.45, 7) is 2.78. The predicted molar refractivity (Wildman–Crippen MR) is 72.5 cm³/mol. The largest absolute Gasteiger partial charge is 0.387 e. The van der Waals surface area contributed by atoms with Gasteiger partial charge in [-0.3, -0.25) is 4.79 Å². The number of hydrogen-bond acceptors (Lipinski definition) is 5. The summed E-state index contributed by atoms with van der Waals surface area (Å²) >= 11 is 0. The van der Waals surface area contributed by atoms with Crippen molar-refractivity contribution >= 4 is 11.6 Å². The van der Waals surface area contributed by atoms with Gasteiger partial charge >= 0.3 is 0 Å². The average molecular weight is 281 g/mol. The molecule has 0 saturated carbocycles. The van der Waals surface area contributed by atoms with Crippen molar-refractivity contribution in [2.75, 3.05) is 38.4 Å². The maximum absolute atomic E-state index is 10.6. The first-order valence-corrected chi connectivity index (χ1v) is 6.54. The minimum Gasteiger partial charge on any atom is -0.387 e. The molecule has 2 aliphatic rings. The molecule has 1 aromatic carbocycles. The van der Waals surface area contributed by atoms with Crippen molar-refractivity contribution in [3.05, 3.63) is 30.3 Å². The maximum atomic E-state index is 10.6. The monoisotopic (exact) mass is 281 g/mol. The zero-order valence-corrected chi connectivity index (χ0v) is 11.2. The highest BCUT2D eigenvalue weighted by molar-refractivity contribution is 5.91. The number of carbonyl (C=O) groups is 1. The third-order valence-electron chi connectivity index (χ3n) is 2.61. The fourth-order valence-electron chi connectivity index (χ4n) is 1.38. The number of hydrogen-bond donors (Lipinski definition) is 2. The van der Waals surface area contributed by atoms with Crippen LogP contribution in [0.5, 0.6) is 0 Å². The van der Waals surface area contributed by atoms with E-state index < -0.39 is 12.5 Å². The fourth-order valence-corrected chi connectivity index (χ4v) is 1.38. The molecule has 2 atom stereocenters. The molecular formula is C14H19NO5. The van der Waals surface area contributed by atoms with Crippen molar-refractivity contribution in [3.63, 3.8) is 0 Å². The second-order valence-corrected chi connectivity index (χ2v) is 4.52. The van der Waals surface area contributed by atoms with Crippen LogP contribution in [0.15, 0.2) is 30.3 Å². The number of anilines is 1. The Morgan fingerprint density at radius 3 is 2.20 bits per heavy atom. The molecule has 0 radical (unpaired) electrons. The molecule has 6 heteroatoms. The van der Waals surface area contributed by atoms with E-state index in [1.807, 2.05) is 18.2 Å². The normalized spacial score (nSPS) is 22.4. The van der Waals surface area contributed by atoms with E-state index >= 15 is 0 Å². The number of para-hydroxylation sites is 1. The van der Waals surface area contributed by atoms with Gasteiger partial charge in [0.1, 0.15) is 18.8 Å². The van der Waals surface area contributed by atoms with Crippen molar-refractivity contribution in [1.82, 2.24) is 0 Å². The van der Waals surface area contributed by atoms with Gasteiger partial charge < -0.3 is 24.6 Å². The number of nitrogens with one attached hydrogen (secondary N) is 1. The Balaban J connectivity index is 0.000000149. The fraction of sp³-hybridized carbons (Fsp3) is 0.500. The first kappa shape index (κ1) is 14.9. The van der Waals surface area contributed by atoms with Crippen LogP contribution in [0.3, 0.4) is 0 Å². The Hall–Kier alpha value is -1.47. The third-order valence-corrected chi connectivity index (χ3v) is 2.61. The molecule has 0 aromatic heterocycles. The molecule has 110 valence electrons. The zero-order chi connectivity index (χ0) is 14.2. The molecule has 2 saturated heterocycles. The first-order chi connectivity index (χ1) is 9.78. The van der Waals surface area contributed by atoms with Gasteiger partial charge in [-0.15, -0.1) is 0 Å². The molecule has 2 aliphatic heterocycles. The van der Waals surface area contributed by atoms with Crippen molar-refractivity contribution in [3.8, 4) is 0 Å². The number of aliphatic hydroxyl groups excluding tert-OH is 1. The van der Waals surface area contributed by atoms with Crippen LogP contribution in [0.4, 0.5) is 5.69 Å². The molecule has 3 rings (SSSR count). The lowest BCUT2D eigenvalue weighted by molar-refractivity contribution is -0.118. The number of carbonyl (C=O) groups excluding carboxylic acids is 1. The SMILES string of the molecule is C(OCC1CO1)C1CO1.O=C(CO)Nc1ccccc1. The first-order valence-electron chi connectivity index (χ1n) is 6.54. The van der Waals surface area contributed by atoms with E-state index in [4.69, 9.17) is 19.3 Å². The number of rotatable bonds is 6. The van der Waals surface area contributed by atoms with Gasteiger partial charge in [0.2, 0.25) is 5.91 Å². The van der Waals surface area contributed by atoms with Crippen LogP contribution in [0.25, 0.3) is 0 Å². The topological polar surface area (TPSA) is 83.6 Å². The molecular weight excluding hydrogens is 262 g/mol. The molecule has 0 spiro atoms. The number of epoxide rings is 2. The van der Waals surface area contributed by atoms with Crippen LogP contribution in [-0.2, 0) is 19.0 Å². The lowest BCUT2D eigenvalue weighted by Gasteiger charge is -2.00. The summed E-state index contributed by atoms with van der Waals surface area (Å²) in [7, 11) is 0. The predicted octanol–water partition coefficient (Wildman–Crippen LogP) is 0.418. The Morgan fingerprint density at radius 2 is 1.75 bits per heavy atom. The summed E-state index contributed by atoms with van der Waals surface area (Å²) in [5, 5.41) is 10.9. The highest BCUT2D eigenvalue weighted by Crippen LogP contribution is 2.12. The second kappa shape index (κ2) is 7.96. The average Bonchev–Trinajstić information content (AvgIpc) is 3.35. The van der Waals surface area contributed by atoms with Crippen LogP contribution in [0.2, 0.25) is 0 Å². The van der Waals surface area contributed by atoms with E-state index in [2.05, 4.69) is 5.32 Å². The van der Waals surface area contributed by atoms with E-state index in [9.17, 15) is 4.79 Å². The molecule has 1 aromatic rings. The quantitative estimate of drug-likeness (QED) is 0.738. The summed E-state index contributed by atoms with van der Waals surface area (Å²) < 4.78 is 15.1. The van der Waals surface area contributed by atoms with E-state index in [1.54, 1.807) is 12.1 Å². The lowest BCUT2D eigenvalue weighted by atomic mass is 10.3. The standard InChI is InChI=1S/C8H9NO2.C6H10O3/c10-6-8(11)9-7-4-2-1-3-5-7;1(5-3-8-5)7-2-6-4-9-6/h1-5,10H,6H2,(H,9,11);5-6H,1-4H2. The molecule has 6 nitrogen and oxygen atoms in total. The Kier molecular flexibility index (Phi) is 5.94. The molecule has 2 heterocycles. The van der Waals surface area contributed by atoms with Gasteiger partial charge in [0.15, 0.2) is 0 Å². The van der Waals surface area contributed by atoms with Crippen molar-refractivity contribution in [2.45, 2.75) is 12.2 Å². The number of benzene rings is 1. The van der Waals surface area contributed by atoms with Gasteiger partial charge in [0.05, 0.1) is 26.4 Å². The number of amides is 1. The highest BCUT2D eigenvalue weighted by atomic mass is 16.6. The Labute approximate surface area is 117 Å². The van der Waals surface area contributed by atoms with Gasteiger partial charge in [0.25, 0.3) is 0 Å². The van der Waals surface area contributed by atoms with Crippen molar-refractivity contribution in [2.24, 2.45) is 0 Å². The summed E-state index contributed by atoms with van der Waals surface area (Å²) in [4.78, 5) is 10.6. The highest BCUT2D eigenvalue weighted by Gasteiger charge is 2.26. The molecule has 1 amide bonds. The summed E-state index contributed by atoms with van der Waals surface area (Å²) in [5.41, 5.74) is 0.701. The minimum absolute atomic E-state index is 0.392. The van der Waals surface area contributed by atoms with Crippen LogP contribution >= 0.6 is 0 Å². The van der Waals surface area contributed by atoms with Crippen LogP contribution < -0.4 is 5.32 Å². The molecule has 20 heavy (non-hydrogen) atoms. The van der Waals surface area contributed by atoms with Gasteiger partial charge in [-0.2, -0.15) is 0 Å². The zero-order valence-electron chi connectivity index (χ0n) is 11.2. The molecule has 0 bridgehead atoms. The molecule has 2 N–H and O–H groups in total. The number of ether oxygens (including phenoxy) is 3. The van der Waals surface area contributed by atoms with Gasteiger partial charge in [-0.25, -0.2) is 0 Å². The summed E-state index contributed by atoms with van der Waals surface area (Å²) in [6.07, 6.45) is 0.785. The van der Waals surface area contributed by atoms with E-state index in [-0.39, 0.29) is 0 Å². The smallest absolute Gasteiger partial charge is 0.250 e. The van der Waals surface area contributed by atoms with Gasteiger partial charge in [-0.1, -0.05) is 18.2 Å². The minimum atomic E-state index is -0.477. The Bertz CT molecular complexity index is 391. The van der Waals surface area contributed by atoms with Gasteiger partial charge in [0, 0.05) is 5.69 Å². The van der Waals surface area contributed by atoms with Gasteiger partial charge in [-0.05, 0) is 12.1 Å².